The van der Waals surface area contributed by atoms with Gasteiger partial charge in [-0.05, 0) is 36.2 Å². The van der Waals surface area contributed by atoms with Gasteiger partial charge in [0.2, 0.25) is 0 Å². The number of pyridine rings is 1. The molecule has 1 amide bonds. The van der Waals surface area contributed by atoms with Gasteiger partial charge >= 0.3 is 0 Å². The predicted octanol–water partition coefficient (Wildman–Crippen LogP) is 3.93. The summed E-state index contributed by atoms with van der Waals surface area (Å²) in [5, 5.41) is 12.5. The van der Waals surface area contributed by atoms with E-state index in [-0.39, 0.29) is 12.5 Å². The molecule has 0 fully saturated rings. The fraction of sp³-hybridized carbons (Fsp3) is 0.192. The Morgan fingerprint density at radius 1 is 1.12 bits per heavy atom. The minimum atomic E-state index is -0.765. The van der Waals surface area contributed by atoms with E-state index in [1.165, 1.54) is 0 Å². The standard InChI is InChI=1S/C26H21N5O2/c1-26(15-27)16-33-14-19-8-7-18(9-21(19)26)25(32)30-11-20-10-22-24(13-28-20)29-12-23(31-22)17-5-3-2-4-6-17/h2-10,12-13H,11,14,16H2,1H3,(H,30,32)/t26-/m1/s1. The van der Waals surface area contributed by atoms with Gasteiger partial charge in [0, 0.05) is 11.1 Å². The van der Waals surface area contributed by atoms with Gasteiger partial charge in [-0.15, -0.1) is 0 Å². The summed E-state index contributed by atoms with van der Waals surface area (Å²) in [6.07, 6.45) is 3.40. The first-order valence-electron chi connectivity index (χ1n) is 10.6. The van der Waals surface area contributed by atoms with Gasteiger partial charge in [0.25, 0.3) is 5.91 Å². The van der Waals surface area contributed by atoms with Crippen LogP contribution in [0.5, 0.6) is 0 Å². The van der Waals surface area contributed by atoms with Crippen LogP contribution in [0.15, 0.2) is 67.0 Å². The molecule has 0 saturated heterocycles. The molecule has 4 aromatic rings. The lowest BCUT2D eigenvalue weighted by Gasteiger charge is -2.30. The Morgan fingerprint density at radius 3 is 2.79 bits per heavy atom. The number of fused-ring (bicyclic) bond motifs is 2. The van der Waals surface area contributed by atoms with E-state index in [9.17, 15) is 10.1 Å². The summed E-state index contributed by atoms with van der Waals surface area (Å²) in [5.41, 5.74) is 5.38. The number of rotatable bonds is 4. The molecule has 3 heterocycles. The third-order valence-electron chi connectivity index (χ3n) is 5.85. The normalized spacial score (nSPS) is 17.2. The van der Waals surface area contributed by atoms with E-state index in [0.29, 0.717) is 35.5 Å². The van der Waals surface area contributed by atoms with Gasteiger partial charge in [-0.1, -0.05) is 36.4 Å². The second-order valence-electron chi connectivity index (χ2n) is 8.28. The number of carbonyl (C=O) groups excluding carboxylic acids is 1. The molecule has 1 N–H and O–H groups in total. The molecule has 5 rings (SSSR count). The number of nitrogens with one attached hydrogen (secondary N) is 1. The van der Waals surface area contributed by atoms with Crippen molar-refractivity contribution in [3.05, 3.63) is 89.4 Å². The monoisotopic (exact) mass is 435 g/mol. The minimum absolute atomic E-state index is 0.226. The van der Waals surface area contributed by atoms with Crippen molar-refractivity contribution in [1.29, 1.82) is 5.26 Å². The predicted molar refractivity (Wildman–Crippen MR) is 123 cm³/mol. The summed E-state index contributed by atoms with van der Waals surface area (Å²) in [4.78, 5) is 26.4. The number of ether oxygens (including phenoxy) is 1. The maximum absolute atomic E-state index is 12.8. The van der Waals surface area contributed by atoms with Crippen molar-refractivity contribution in [3.8, 4) is 17.3 Å². The number of nitriles is 1. The SMILES string of the molecule is C[C@@]1(C#N)COCc2ccc(C(=O)NCc3cc4nc(-c5ccccc5)cnc4cn3)cc21. The highest BCUT2D eigenvalue weighted by molar-refractivity contribution is 5.94. The van der Waals surface area contributed by atoms with Crippen molar-refractivity contribution in [2.75, 3.05) is 6.61 Å². The Hall–Kier alpha value is -4.15. The zero-order valence-corrected chi connectivity index (χ0v) is 18.1. The average Bonchev–Trinajstić information content (AvgIpc) is 2.87. The second-order valence-corrected chi connectivity index (χ2v) is 8.28. The van der Waals surface area contributed by atoms with Crippen LogP contribution in [0.4, 0.5) is 0 Å². The number of amides is 1. The Labute approximate surface area is 191 Å². The number of benzene rings is 2. The van der Waals surface area contributed by atoms with E-state index in [2.05, 4.69) is 21.4 Å². The summed E-state index contributed by atoms with van der Waals surface area (Å²) in [5.74, 6) is -0.226. The van der Waals surface area contributed by atoms with Crippen molar-refractivity contribution in [1.82, 2.24) is 20.3 Å². The summed E-state index contributed by atoms with van der Waals surface area (Å²) >= 11 is 0. The molecule has 0 saturated carbocycles. The molecular formula is C26H21N5O2. The smallest absolute Gasteiger partial charge is 0.251 e. The fourth-order valence-electron chi connectivity index (χ4n) is 3.97. The molecule has 33 heavy (non-hydrogen) atoms. The number of aromatic nitrogens is 3. The van der Waals surface area contributed by atoms with E-state index in [1.807, 2.05) is 49.4 Å². The van der Waals surface area contributed by atoms with Gasteiger partial charge in [-0.25, -0.2) is 4.98 Å². The van der Waals surface area contributed by atoms with E-state index >= 15 is 0 Å². The zero-order chi connectivity index (χ0) is 22.8. The summed E-state index contributed by atoms with van der Waals surface area (Å²) in [6, 6.07) is 19.4. The van der Waals surface area contributed by atoms with Crippen LogP contribution in [0.2, 0.25) is 0 Å². The number of nitrogens with zero attached hydrogens (tertiary/aromatic N) is 4. The summed E-state index contributed by atoms with van der Waals surface area (Å²) < 4.78 is 5.54. The molecule has 2 aromatic carbocycles. The van der Waals surface area contributed by atoms with E-state index in [4.69, 9.17) is 9.72 Å². The van der Waals surface area contributed by atoms with Gasteiger partial charge in [0.05, 0.1) is 55.1 Å². The van der Waals surface area contributed by atoms with Crippen LogP contribution in [0.25, 0.3) is 22.3 Å². The van der Waals surface area contributed by atoms with E-state index < -0.39 is 5.41 Å². The van der Waals surface area contributed by atoms with Crippen LogP contribution in [0.3, 0.4) is 0 Å². The zero-order valence-electron chi connectivity index (χ0n) is 18.1. The second kappa shape index (κ2) is 8.41. The molecule has 0 unspecified atom stereocenters. The Balaban J connectivity index is 1.35. The lowest BCUT2D eigenvalue weighted by molar-refractivity contribution is 0.0757. The van der Waals surface area contributed by atoms with Gasteiger partial charge in [-0.3, -0.25) is 14.8 Å². The fourth-order valence-corrected chi connectivity index (χ4v) is 3.97. The van der Waals surface area contributed by atoms with Crippen molar-refractivity contribution in [3.63, 3.8) is 0 Å². The number of hydrogen-bond donors (Lipinski definition) is 1. The average molecular weight is 435 g/mol. The van der Waals surface area contributed by atoms with Gasteiger partial charge < -0.3 is 10.1 Å². The quantitative estimate of drug-likeness (QED) is 0.521. The van der Waals surface area contributed by atoms with Crippen molar-refractivity contribution < 1.29 is 9.53 Å². The maximum atomic E-state index is 12.8. The first kappa shape index (κ1) is 20.7. The van der Waals surface area contributed by atoms with Crippen LogP contribution >= 0.6 is 0 Å². The first-order chi connectivity index (χ1) is 16.1. The first-order valence-corrected chi connectivity index (χ1v) is 10.6. The molecule has 0 radical (unpaired) electrons. The molecule has 1 aliphatic heterocycles. The molecule has 0 aliphatic carbocycles. The highest BCUT2D eigenvalue weighted by Crippen LogP contribution is 2.32. The van der Waals surface area contributed by atoms with Crippen LogP contribution in [-0.4, -0.2) is 27.5 Å². The van der Waals surface area contributed by atoms with Crippen LogP contribution < -0.4 is 5.32 Å². The van der Waals surface area contributed by atoms with E-state index in [0.717, 1.165) is 22.4 Å². The molecule has 7 nitrogen and oxygen atoms in total. The van der Waals surface area contributed by atoms with Crippen molar-refractivity contribution in [2.45, 2.75) is 25.5 Å². The van der Waals surface area contributed by atoms with Gasteiger partial charge in [0.1, 0.15) is 10.9 Å². The molecular weight excluding hydrogens is 414 g/mol. The maximum Gasteiger partial charge on any atom is 0.251 e. The van der Waals surface area contributed by atoms with Crippen molar-refractivity contribution in [2.24, 2.45) is 0 Å². The Bertz CT molecular complexity index is 1400. The molecule has 1 aliphatic rings. The topological polar surface area (TPSA) is 101 Å². The van der Waals surface area contributed by atoms with Crippen molar-refractivity contribution >= 4 is 16.9 Å². The number of carbonyl (C=O) groups is 1. The van der Waals surface area contributed by atoms with Crippen LogP contribution in [0.1, 0.15) is 34.1 Å². The third-order valence-corrected chi connectivity index (χ3v) is 5.85. The molecule has 0 bridgehead atoms. The third kappa shape index (κ3) is 4.04. The highest BCUT2D eigenvalue weighted by Gasteiger charge is 2.33. The Morgan fingerprint density at radius 2 is 1.97 bits per heavy atom. The molecule has 0 spiro atoms. The highest BCUT2D eigenvalue weighted by atomic mass is 16.5. The lowest BCUT2D eigenvalue weighted by atomic mass is 9.79. The lowest BCUT2D eigenvalue weighted by Crippen LogP contribution is -2.33. The molecule has 2 aromatic heterocycles. The van der Waals surface area contributed by atoms with Crippen LogP contribution in [0, 0.1) is 11.3 Å². The molecule has 1 atom stereocenters. The van der Waals surface area contributed by atoms with E-state index in [1.54, 1.807) is 24.5 Å². The molecule has 7 heteroatoms. The summed E-state index contributed by atoms with van der Waals surface area (Å²) in [7, 11) is 0. The number of hydrogen-bond acceptors (Lipinski definition) is 6. The summed E-state index contributed by atoms with van der Waals surface area (Å²) in [6.45, 7) is 2.84. The van der Waals surface area contributed by atoms with Crippen LogP contribution in [-0.2, 0) is 23.3 Å². The largest absolute Gasteiger partial charge is 0.375 e. The molecule has 162 valence electrons. The Kier molecular flexibility index (Phi) is 5.29. The van der Waals surface area contributed by atoms with Gasteiger partial charge in [-0.2, -0.15) is 5.26 Å². The van der Waals surface area contributed by atoms with Gasteiger partial charge in [0.15, 0.2) is 0 Å². The minimum Gasteiger partial charge on any atom is -0.375 e.